The molecule has 1 aromatic heterocycles. The van der Waals surface area contributed by atoms with Crippen molar-refractivity contribution in [3.63, 3.8) is 0 Å². The van der Waals surface area contributed by atoms with E-state index in [1.54, 1.807) is 22.9 Å². The van der Waals surface area contributed by atoms with Crippen molar-refractivity contribution in [3.05, 3.63) is 70.1 Å². The molecule has 1 atom stereocenters. The van der Waals surface area contributed by atoms with Crippen LogP contribution < -0.4 is 0 Å². The number of aromatic nitrogens is 1. The Labute approximate surface area is 142 Å². The molecule has 0 radical (unpaired) electrons. The molecule has 0 fully saturated rings. The predicted molar refractivity (Wildman–Crippen MR) is 88.5 cm³/mol. The Hall–Kier alpha value is -2.04. The molecule has 0 aliphatic heterocycles. The average Bonchev–Trinajstić information content (AvgIpc) is 2.95. The van der Waals surface area contributed by atoms with Crippen molar-refractivity contribution in [1.29, 1.82) is 0 Å². The van der Waals surface area contributed by atoms with Crippen LogP contribution >= 0.6 is 23.2 Å². The van der Waals surface area contributed by atoms with Crippen LogP contribution in [0, 0.1) is 5.82 Å². The lowest BCUT2D eigenvalue weighted by molar-refractivity contribution is -0.143. The van der Waals surface area contributed by atoms with E-state index in [0.717, 1.165) is 10.9 Å². The van der Waals surface area contributed by atoms with Gasteiger partial charge in [-0.05, 0) is 30.3 Å². The van der Waals surface area contributed by atoms with Crippen LogP contribution in [0.5, 0.6) is 0 Å². The zero-order valence-electron chi connectivity index (χ0n) is 12.1. The number of hydrogen-bond acceptors (Lipinski definition) is 2. The van der Waals surface area contributed by atoms with Gasteiger partial charge >= 0.3 is 5.97 Å². The number of carbonyl (C=O) groups excluding carboxylic acids is 1. The standard InChI is InChI=1S/C17H12Cl2FNO2/c1-23-17(22)16(12-6-5-10(20)9-14(12)19)21-8-7-11-13(18)3-2-4-15(11)21/h2-9,16H,1H3. The van der Waals surface area contributed by atoms with Gasteiger partial charge in [0.05, 0.1) is 12.6 Å². The van der Waals surface area contributed by atoms with E-state index in [2.05, 4.69) is 0 Å². The zero-order valence-corrected chi connectivity index (χ0v) is 13.6. The minimum atomic E-state index is -0.830. The molecule has 0 spiro atoms. The highest BCUT2D eigenvalue weighted by Gasteiger charge is 2.27. The Balaban J connectivity index is 2.23. The third kappa shape index (κ3) is 2.80. The SMILES string of the molecule is COC(=O)C(c1ccc(F)cc1Cl)n1ccc2c(Cl)cccc21. The predicted octanol–water partition coefficient (Wildman–Crippen LogP) is 4.85. The topological polar surface area (TPSA) is 31.2 Å². The Kier molecular flexibility index (Phi) is 4.28. The van der Waals surface area contributed by atoms with Crippen molar-refractivity contribution >= 4 is 40.1 Å². The van der Waals surface area contributed by atoms with E-state index in [1.807, 2.05) is 12.1 Å². The minimum absolute atomic E-state index is 0.157. The van der Waals surface area contributed by atoms with Crippen molar-refractivity contribution < 1.29 is 13.9 Å². The van der Waals surface area contributed by atoms with Crippen LogP contribution in [0.3, 0.4) is 0 Å². The van der Waals surface area contributed by atoms with Gasteiger partial charge in [-0.25, -0.2) is 9.18 Å². The van der Waals surface area contributed by atoms with Gasteiger partial charge in [0.2, 0.25) is 0 Å². The van der Waals surface area contributed by atoms with Gasteiger partial charge in [0.25, 0.3) is 0 Å². The van der Waals surface area contributed by atoms with Crippen molar-refractivity contribution in [2.45, 2.75) is 6.04 Å². The molecule has 0 aliphatic rings. The van der Waals surface area contributed by atoms with Crippen LogP contribution in [0.25, 0.3) is 10.9 Å². The summed E-state index contributed by atoms with van der Waals surface area (Å²) in [6.07, 6.45) is 1.73. The maximum atomic E-state index is 13.3. The second kappa shape index (κ2) is 6.22. The molecule has 0 bridgehead atoms. The smallest absolute Gasteiger partial charge is 0.333 e. The number of nitrogens with zero attached hydrogens (tertiary/aromatic N) is 1. The highest BCUT2D eigenvalue weighted by Crippen LogP contribution is 2.33. The minimum Gasteiger partial charge on any atom is -0.467 e. The molecule has 1 unspecified atom stereocenters. The summed E-state index contributed by atoms with van der Waals surface area (Å²) in [5.74, 6) is -0.973. The van der Waals surface area contributed by atoms with Crippen molar-refractivity contribution in [1.82, 2.24) is 4.57 Å². The van der Waals surface area contributed by atoms with Crippen LogP contribution in [0.15, 0.2) is 48.7 Å². The fraction of sp³-hybridized carbons (Fsp3) is 0.118. The highest BCUT2D eigenvalue weighted by atomic mass is 35.5. The first kappa shape index (κ1) is 15.8. The molecule has 0 saturated carbocycles. The normalized spacial score (nSPS) is 12.3. The van der Waals surface area contributed by atoms with E-state index < -0.39 is 17.8 Å². The third-order valence-corrected chi connectivity index (χ3v) is 4.33. The third-order valence-electron chi connectivity index (χ3n) is 3.67. The molecule has 0 amide bonds. The first-order valence-corrected chi connectivity index (χ1v) is 7.56. The van der Waals surface area contributed by atoms with E-state index in [4.69, 9.17) is 27.9 Å². The van der Waals surface area contributed by atoms with Gasteiger partial charge in [-0.2, -0.15) is 0 Å². The molecule has 3 aromatic rings. The second-order valence-corrected chi connectivity index (χ2v) is 5.80. The van der Waals surface area contributed by atoms with Crippen molar-refractivity contribution in [3.8, 4) is 0 Å². The molecule has 6 heteroatoms. The Morgan fingerprint density at radius 3 is 2.65 bits per heavy atom. The fourth-order valence-electron chi connectivity index (χ4n) is 2.60. The van der Waals surface area contributed by atoms with Gasteiger partial charge in [-0.1, -0.05) is 35.3 Å². The lowest BCUT2D eigenvalue weighted by atomic mass is 10.1. The molecule has 3 nitrogen and oxygen atoms in total. The summed E-state index contributed by atoms with van der Waals surface area (Å²) in [6, 6.07) is 10.3. The molecule has 3 rings (SSSR count). The summed E-state index contributed by atoms with van der Waals surface area (Å²) in [4.78, 5) is 12.3. The molecular formula is C17H12Cl2FNO2. The summed E-state index contributed by atoms with van der Waals surface area (Å²) in [7, 11) is 1.30. The van der Waals surface area contributed by atoms with E-state index in [-0.39, 0.29) is 5.02 Å². The maximum absolute atomic E-state index is 13.3. The number of carbonyl (C=O) groups is 1. The largest absolute Gasteiger partial charge is 0.467 e. The molecular weight excluding hydrogens is 340 g/mol. The molecule has 118 valence electrons. The van der Waals surface area contributed by atoms with Crippen LogP contribution in [-0.4, -0.2) is 17.6 Å². The molecule has 1 heterocycles. The Morgan fingerprint density at radius 2 is 1.96 bits per heavy atom. The van der Waals surface area contributed by atoms with Gasteiger partial charge in [0.1, 0.15) is 5.82 Å². The van der Waals surface area contributed by atoms with E-state index >= 15 is 0 Å². The van der Waals surface area contributed by atoms with Crippen LogP contribution in [-0.2, 0) is 9.53 Å². The van der Waals surface area contributed by atoms with Crippen molar-refractivity contribution in [2.75, 3.05) is 7.11 Å². The summed E-state index contributed by atoms with van der Waals surface area (Å²) in [6.45, 7) is 0. The van der Waals surface area contributed by atoms with Gasteiger partial charge in [-0.15, -0.1) is 0 Å². The molecule has 23 heavy (non-hydrogen) atoms. The number of hydrogen-bond donors (Lipinski definition) is 0. The molecule has 0 aliphatic carbocycles. The average molecular weight is 352 g/mol. The van der Waals surface area contributed by atoms with E-state index in [0.29, 0.717) is 10.6 Å². The summed E-state index contributed by atoms with van der Waals surface area (Å²) >= 11 is 12.3. The number of halogens is 3. The van der Waals surface area contributed by atoms with Crippen molar-refractivity contribution in [2.24, 2.45) is 0 Å². The van der Waals surface area contributed by atoms with E-state index in [1.165, 1.54) is 25.3 Å². The number of rotatable bonds is 3. The fourth-order valence-corrected chi connectivity index (χ4v) is 3.10. The summed E-state index contributed by atoms with van der Waals surface area (Å²) < 4.78 is 19.9. The molecule has 0 saturated heterocycles. The zero-order chi connectivity index (χ0) is 16.6. The summed E-state index contributed by atoms with van der Waals surface area (Å²) in [5.41, 5.74) is 1.21. The van der Waals surface area contributed by atoms with Crippen LogP contribution in [0.4, 0.5) is 4.39 Å². The number of ether oxygens (including phenoxy) is 1. The maximum Gasteiger partial charge on any atom is 0.333 e. The van der Waals surface area contributed by atoms with Gasteiger partial charge in [0.15, 0.2) is 6.04 Å². The first-order valence-electron chi connectivity index (χ1n) is 6.80. The monoisotopic (exact) mass is 351 g/mol. The first-order chi connectivity index (χ1) is 11.0. The summed E-state index contributed by atoms with van der Waals surface area (Å²) in [5, 5.41) is 1.54. The molecule has 2 aromatic carbocycles. The lowest BCUT2D eigenvalue weighted by Gasteiger charge is -2.19. The van der Waals surface area contributed by atoms with E-state index in [9.17, 15) is 9.18 Å². The lowest BCUT2D eigenvalue weighted by Crippen LogP contribution is -2.22. The highest BCUT2D eigenvalue weighted by molar-refractivity contribution is 6.35. The quantitative estimate of drug-likeness (QED) is 0.631. The number of esters is 1. The Bertz CT molecular complexity index is 891. The van der Waals surface area contributed by atoms with Crippen LogP contribution in [0.1, 0.15) is 11.6 Å². The Morgan fingerprint density at radius 1 is 1.17 bits per heavy atom. The number of fused-ring (bicyclic) bond motifs is 1. The van der Waals surface area contributed by atoms with Gasteiger partial charge < -0.3 is 9.30 Å². The van der Waals surface area contributed by atoms with Crippen LogP contribution in [0.2, 0.25) is 10.0 Å². The number of methoxy groups -OCH3 is 1. The molecule has 0 N–H and O–H groups in total. The number of benzene rings is 2. The van der Waals surface area contributed by atoms with Gasteiger partial charge in [-0.3, -0.25) is 0 Å². The van der Waals surface area contributed by atoms with Gasteiger partial charge in [0, 0.05) is 27.2 Å². The second-order valence-electron chi connectivity index (χ2n) is 4.99.